The van der Waals surface area contributed by atoms with Gasteiger partial charge >= 0.3 is 6.36 Å². The fourth-order valence-corrected chi connectivity index (χ4v) is 3.06. The molecule has 1 amide bonds. The number of nitrogens with one attached hydrogen (secondary N) is 2. The fourth-order valence-electron chi connectivity index (χ4n) is 2.33. The molecule has 2 aromatic carbocycles. The van der Waals surface area contributed by atoms with Gasteiger partial charge in [0.15, 0.2) is 5.13 Å². The topological polar surface area (TPSA) is 63.2 Å². The van der Waals surface area contributed by atoms with Gasteiger partial charge in [0, 0.05) is 17.6 Å². The zero-order valence-corrected chi connectivity index (χ0v) is 15.3. The molecule has 9 heteroatoms. The molecule has 5 nitrogen and oxygen atoms in total. The molecule has 0 aliphatic heterocycles. The molecule has 146 valence electrons. The van der Waals surface area contributed by atoms with Gasteiger partial charge in [-0.15, -0.1) is 24.5 Å². The Morgan fingerprint density at radius 2 is 1.79 bits per heavy atom. The molecule has 1 heterocycles. The number of rotatable bonds is 7. The van der Waals surface area contributed by atoms with Crippen molar-refractivity contribution in [3.8, 4) is 5.75 Å². The summed E-state index contributed by atoms with van der Waals surface area (Å²) in [6.45, 7) is 0.446. The number of amides is 1. The van der Waals surface area contributed by atoms with Crippen LogP contribution in [-0.4, -0.2) is 17.3 Å². The van der Waals surface area contributed by atoms with E-state index in [1.165, 1.54) is 35.6 Å². The highest BCUT2D eigenvalue weighted by molar-refractivity contribution is 7.13. The zero-order chi connectivity index (χ0) is 20.0. The van der Waals surface area contributed by atoms with Gasteiger partial charge in [-0.3, -0.25) is 4.79 Å². The number of carbonyl (C=O) groups is 1. The minimum atomic E-state index is -4.72. The molecule has 0 fully saturated rings. The lowest BCUT2D eigenvalue weighted by atomic mass is 10.2. The number of benzene rings is 2. The summed E-state index contributed by atoms with van der Waals surface area (Å²) in [7, 11) is 0. The molecule has 28 heavy (non-hydrogen) atoms. The number of anilines is 2. The Bertz CT molecular complexity index is 912. The molecule has 0 unspecified atom stereocenters. The van der Waals surface area contributed by atoms with E-state index in [0.717, 1.165) is 5.56 Å². The van der Waals surface area contributed by atoms with Crippen LogP contribution >= 0.6 is 11.3 Å². The second kappa shape index (κ2) is 8.75. The molecular formula is C19H16F3N3O2S. The maximum atomic E-state index is 12.2. The molecular weight excluding hydrogens is 391 g/mol. The average molecular weight is 407 g/mol. The van der Waals surface area contributed by atoms with Crippen molar-refractivity contribution in [1.29, 1.82) is 0 Å². The molecule has 3 aromatic rings. The predicted octanol–water partition coefficient (Wildman–Crippen LogP) is 4.64. The van der Waals surface area contributed by atoms with Crippen LogP contribution in [0.15, 0.2) is 60.0 Å². The van der Waals surface area contributed by atoms with E-state index in [1.54, 1.807) is 5.38 Å². The van der Waals surface area contributed by atoms with Crippen LogP contribution in [0.1, 0.15) is 11.3 Å². The Balaban J connectivity index is 1.50. The normalized spacial score (nSPS) is 11.1. The van der Waals surface area contributed by atoms with Gasteiger partial charge in [0.1, 0.15) is 5.75 Å². The number of ether oxygens (including phenoxy) is 1. The number of hydrogen-bond acceptors (Lipinski definition) is 5. The summed E-state index contributed by atoms with van der Waals surface area (Å²) in [6, 6.07) is 14.9. The van der Waals surface area contributed by atoms with E-state index < -0.39 is 6.36 Å². The number of thiazole rings is 1. The van der Waals surface area contributed by atoms with Crippen LogP contribution in [-0.2, 0) is 17.8 Å². The van der Waals surface area contributed by atoms with Crippen molar-refractivity contribution in [3.05, 3.63) is 71.2 Å². The third kappa shape index (κ3) is 6.27. The highest BCUT2D eigenvalue weighted by Crippen LogP contribution is 2.26. The summed E-state index contributed by atoms with van der Waals surface area (Å²) < 4.78 is 40.3. The quantitative estimate of drug-likeness (QED) is 0.599. The van der Waals surface area contributed by atoms with Crippen LogP contribution in [0.4, 0.5) is 24.0 Å². The second-order valence-corrected chi connectivity index (χ2v) is 6.64. The van der Waals surface area contributed by atoms with Gasteiger partial charge in [-0.05, 0) is 29.8 Å². The number of halogens is 3. The van der Waals surface area contributed by atoms with Crippen molar-refractivity contribution in [3.63, 3.8) is 0 Å². The number of carbonyl (C=O) groups excluding carboxylic acids is 1. The largest absolute Gasteiger partial charge is 0.573 e. The number of aromatic nitrogens is 1. The van der Waals surface area contributed by atoms with E-state index in [0.29, 0.717) is 23.1 Å². The van der Waals surface area contributed by atoms with Gasteiger partial charge in [0.05, 0.1) is 12.1 Å². The highest BCUT2D eigenvalue weighted by Gasteiger charge is 2.30. The van der Waals surface area contributed by atoms with Crippen LogP contribution in [0.25, 0.3) is 0 Å². The molecule has 1 aromatic heterocycles. The number of hydrogen-bond donors (Lipinski definition) is 2. The third-order valence-electron chi connectivity index (χ3n) is 3.57. The SMILES string of the molecule is O=C(Cc1csc(Nc2ccc(OC(F)(F)F)cc2)n1)NCc1ccccc1. The van der Waals surface area contributed by atoms with E-state index in [1.807, 2.05) is 30.3 Å². The van der Waals surface area contributed by atoms with Crippen molar-refractivity contribution in [2.24, 2.45) is 0 Å². The minimum absolute atomic E-state index is 0.142. The predicted molar refractivity (Wildman–Crippen MR) is 101 cm³/mol. The maximum Gasteiger partial charge on any atom is 0.573 e. The summed E-state index contributed by atoms with van der Waals surface area (Å²) >= 11 is 1.30. The molecule has 0 aliphatic carbocycles. The summed E-state index contributed by atoms with van der Waals surface area (Å²) in [5, 5.41) is 8.11. The van der Waals surface area contributed by atoms with Crippen LogP contribution in [0, 0.1) is 0 Å². The van der Waals surface area contributed by atoms with Gasteiger partial charge in [-0.2, -0.15) is 0 Å². The zero-order valence-electron chi connectivity index (χ0n) is 14.5. The Hall–Kier alpha value is -3.07. The second-order valence-electron chi connectivity index (χ2n) is 5.78. The average Bonchev–Trinajstić information content (AvgIpc) is 3.08. The van der Waals surface area contributed by atoms with Gasteiger partial charge in [-0.1, -0.05) is 30.3 Å². The minimum Gasteiger partial charge on any atom is -0.406 e. The molecule has 0 radical (unpaired) electrons. The van der Waals surface area contributed by atoms with Crippen LogP contribution < -0.4 is 15.4 Å². The molecule has 0 bridgehead atoms. The first kappa shape index (κ1) is 19.7. The van der Waals surface area contributed by atoms with Crippen molar-refractivity contribution in [2.45, 2.75) is 19.3 Å². The summed E-state index contributed by atoms with van der Waals surface area (Å²) in [6.07, 6.45) is -4.58. The van der Waals surface area contributed by atoms with E-state index in [2.05, 4.69) is 20.4 Å². The summed E-state index contributed by atoms with van der Waals surface area (Å²) in [5.74, 6) is -0.442. The molecule has 0 saturated carbocycles. The van der Waals surface area contributed by atoms with Gasteiger partial charge in [0.25, 0.3) is 0 Å². The lowest BCUT2D eigenvalue weighted by molar-refractivity contribution is -0.274. The molecule has 0 saturated heterocycles. The lowest BCUT2D eigenvalue weighted by Gasteiger charge is -2.09. The molecule has 2 N–H and O–H groups in total. The van der Waals surface area contributed by atoms with Gasteiger partial charge < -0.3 is 15.4 Å². The molecule has 0 spiro atoms. The Morgan fingerprint density at radius 1 is 1.07 bits per heavy atom. The van der Waals surface area contributed by atoms with Crippen LogP contribution in [0.3, 0.4) is 0 Å². The summed E-state index contributed by atoms with van der Waals surface area (Å²) in [5.41, 5.74) is 2.17. The van der Waals surface area contributed by atoms with Crippen LogP contribution in [0.2, 0.25) is 0 Å². The van der Waals surface area contributed by atoms with Crippen LogP contribution in [0.5, 0.6) is 5.75 Å². The number of nitrogens with zero attached hydrogens (tertiary/aromatic N) is 1. The first-order chi connectivity index (χ1) is 13.4. The van der Waals surface area contributed by atoms with Gasteiger partial charge in [-0.25, -0.2) is 4.98 Å². The smallest absolute Gasteiger partial charge is 0.406 e. The van der Waals surface area contributed by atoms with Crippen molar-refractivity contribution in [1.82, 2.24) is 10.3 Å². The molecule has 3 rings (SSSR count). The van der Waals surface area contributed by atoms with Crippen molar-refractivity contribution < 1.29 is 22.7 Å². The van der Waals surface area contributed by atoms with E-state index in [-0.39, 0.29) is 18.1 Å². The Labute approximate surface area is 163 Å². The first-order valence-electron chi connectivity index (χ1n) is 8.25. The third-order valence-corrected chi connectivity index (χ3v) is 4.37. The fraction of sp³-hybridized carbons (Fsp3) is 0.158. The molecule has 0 aliphatic rings. The lowest BCUT2D eigenvalue weighted by Crippen LogP contribution is -2.24. The van der Waals surface area contributed by atoms with E-state index in [4.69, 9.17) is 0 Å². The summed E-state index contributed by atoms with van der Waals surface area (Å²) in [4.78, 5) is 16.3. The standard InChI is InChI=1S/C19H16F3N3O2S/c20-19(21,22)27-16-8-6-14(7-9-16)24-18-25-15(12-28-18)10-17(26)23-11-13-4-2-1-3-5-13/h1-9,12H,10-11H2,(H,23,26)(H,24,25). The highest BCUT2D eigenvalue weighted by atomic mass is 32.1. The monoisotopic (exact) mass is 407 g/mol. The molecule has 0 atom stereocenters. The Kier molecular flexibility index (Phi) is 6.15. The number of alkyl halides is 3. The first-order valence-corrected chi connectivity index (χ1v) is 9.13. The van der Waals surface area contributed by atoms with Crippen molar-refractivity contribution >= 4 is 28.1 Å². The maximum absolute atomic E-state index is 12.2. The van der Waals surface area contributed by atoms with Crippen molar-refractivity contribution in [2.75, 3.05) is 5.32 Å². The Morgan fingerprint density at radius 3 is 2.46 bits per heavy atom. The van der Waals surface area contributed by atoms with E-state index in [9.17, 15) is 18.0 Å². The van der Waals surface area contributed by atoms with E-state index >= 15 is 0 Å². The van der Waals surface area contributed by atoms with Gasteiger partial charge in [0.2, 0.25) is 5.91 Å².